The Labute approximate surface area is 181 Å². The number of hydrogen-bond donors (Lipinski definition) is 0. The monoisotopic (exact) mass is 461 g/mol. The van der Waals surface area contributed by atoms with Gasteiger partial charge in [0.15, 0.2) is 11.5 Å². The smallest absolute Gasteiger partial charge is 0.387 e. The summed E-state index contributed by atoms with van der Waals surface area (Å²) in [4.78, 5) is 14.4. The summed E-state index contributed by atoms with van der Waals surface area (Å²) in [6.45, 7) is -2.25. The average Bonchev–Trinajstić information content (AvgIpc) is 2.78. The van der Waals surface area contributed by atoms with Gasteiger partial charge in [-0.15, -0.1) is 0 Å². The molecule has 0 bridgehead atoms. The number of methoxy groups -OCH3 is 1. The predicted octanol–water partition coefficient (Wildman–Crippen LogP) is 2.56. The van der Waals surface area contributed by atoms with Crippen LogP contribution in [0.2, 0.25) is 0 Å². The lowest BCUT2D eigenvalue weighted by molar-refractivity contribution is -0.0512. The van der Waals surface area contributed by atoms with Crippen molar-refractivity contribution < 1.29 is 31.5 Å². The van der Waals surface area contributed by atoms with E-state index < -0.39 is 16.8 Å². The lowest BCUT2D eigenvalue weighted by Crippen LogP contribution is -2.55. The molecule has 1 aromatic carbocycles. The third-order valence-electron chi connectivity index (χ3n) is 5.93. The van der Waals surface area contributed by atoms with Crippen LogP contribution in [0.3, 0.4) is 0 Å². The summed E-state index contributed by atoms with van der Waals surface area (Å²) in [6.07, 6.45) is 4.95. The molecule has 1 aliphatic carbocycles. The minimum atomic E-state index is -3.60. The van der Waals surface area contributed by atoms with E-state index in [4.69, 9.17) is 4.74 Å². The normalized spacial score (nSPS) is 19.1. The summed E-state index contributed by atoms with van der Waals surface area (Å²) in [5.41, 5.74) is 0.173. The third-order valence-corrected chi connectivity index (χ3v) is 7.98. The number of carbonyl (C=O) groups excluding carboxylic acids is 1. The number of hydrogen-bond acceptors (Lipinski definition) is 5. The van der Waals surface area contributed by atoms with E-state index in [0.29, 0.717) is 0 Å². The number of ether oxygens (including phenoxy) is 2. The topological polar surface area (TPSA) is 79.4 Å². The Morgan fingerprint density at radius 1 is 1.10 bits per heavy atom. The van der Waals surface area contributed by atoms with Gasteiger partial charge in [0.2, 0.25) is 0 Å². The number of nitrogens with zero attached hydrogens (tertiary/aromatic N) is 3. The summed E-state index contributed by atoms with van der Waals surface area (Å²) in [6, 6.07) is 4.10. The van der Waals surface area contributed by atoms with Crippen LogP contribution in [0.15, 0.2) is 18.2 Å². The molecule has 1 aromatic rings. The van der Waals surface area contributed by atoms with Gasteiger partial charge >= 0.3 is 6.61 Å². The van der Waals surface area contributed by atoms with Crippen LogP contribution in [-0.2, 0) is 10.2 Å². The summed E-state index contributed by atoms with van der Waals surface area (Å²) in [7, 11) is -0.647. The molecule has 0 aromatic heterocycles. The molecule has 0 spiro atoms. The largest absolute Gasteiger partial charge is 0.493 e. The molecule has 2 fully saturated rings. The van der Waals surface area contributed by atoms with Gasteiger partial charge in [-0.3, -0.25) is 4.79 Å². The van der Waals surface area contributed by atoms with Gasteiger partial charge in [0, 0.05) is 44.8 Å². The van der Waals surface area contributed by atoms with Crippen LogP contribution in [0, 0.1) is 0 Å². The molecule has 31 heavy (non-hydrogen) atoms. The molecule has 0 radical (unpaired) electrons. The van der Waals surface area contributed by atoms with E-state index >= 15 is 0 Å². The molecule has 1 amide bonds. The maximum absolute atomic E-state index is 13.0. The highest BCUT2D eigenvalue weighted by Crippen LogP contribution is 2.30. The second kappa shape index (κ2) is 10.1. The van der Waals surface area contributed by atoms with Crippen LogP contribution in [0.25, 0.3) is 0 Å². The van der Waals surface area contributed by atoms with E-state index in [2.05, 4.69) is 4.74 Å². The standard InChI is InChI=1S/C20H29F2N3O5S/c1-23(16-6-4-3-5-7-16)31(27,28)25-12-10-24(11-13-25)19(26)15-8-9-17(29-2)18(14-15)30-20(21)22/h8-9,14,16,20H,3-7,10-13H2,1-2H3. The molecule has 1 heterocycles. The maximum Gasteiger partial charge on any atom is 0.387 e. The van der Waals surface area contributed by atoms with E-state index in [1.165, 1.54) is 38.8 Å². The molecule has 1 saturated carbocycles. The molecule has 0 atom stereocenters. The number of benzene rings is 1. The van der Waals surface area contributed by atoms with E-state index in [9.17, 15) is 22.0 Å². The van der Waals surface area contributed by atoms with E-state index in [-0.39, 0.29) is 55.2 Å². The van der Waals surface area contributed by atoms with Crippen molar-refractivity contribution in [2.75, 3.05) is 40.3 Å². The molecular weight excluding hydrogens is 432 g/mol. The number of piperazine rings is 1. The summed E-state index contributed by atoms with van der Waals surface area (Å²) < 4.78 is 63.6. The van der Waals surface area contributed by atoms with Crippen molar-refractivity contribution in [1.29, 1.82) is 0 Å². The van der Waals surface area contributed by atoms with Gasteiger partial charge < -0.3 is 14.4 Å². The fraction of sp³-hybridized carbons (Fsp3) is 0.650. The van der Waals surface area contributed by atoms with Gasteiger partial charge in [0.25, 0.3) is 16.1 Å². The molecule has 2 aliphatic rings. The summed E-state index contributed by atoms with van der Waals surface area (Å²) >= 11 is 0. The molecular formula is C20H29F2N3O5S. The van der Waals surface area contributed by atoms with Crippen LogP contribution in [0.1, 0.15) is 42.5 Å². The number of carbonyl (C=O) groups is 1. The van der Waals surface area contributed by atoms with Crippen molar-refractivity contribution >= 4 is 16.1 Å². The second-order valence-electron chi connectivity index (χ2n) is 7.75. The number of alkyl halides is 2. The predicted molar refractivity (Wildman–Crippen MR) is 111 cm³/mol. The van der Waals surface area contributed by atoms with Crippen LogP contribution in [-0.4, -0.2) is 80.8 Å². The summed E-state index contributed by atoms with van der Waals surface area (Å²) in [5, 5.41) is 0. The quantitative estimate of drug-likeness (QED) is 0.624. The van der Waals surface area contributed by atoms with Gasteiger partial charge in [-0.1, -0.05) is 19.3 Å². The molecule has 1 aliphatic heterocycles. The molecule has 0 N–H and O–H groups in total. The first-order valence-electron chi connectivity index (χ1n) is 10.4. The van der Waals surface area contributed by atoms with Gasteiger partial charge in [-0.2, -0.15) is 25.8 Å². The SMILES string of the molecule is COc1ccc(C(=O)N2CCN(S(=O)(=O)N(C)C3CCCCC3)CC2)cc1OC(F)F. The van der Waals surface area contributed by atoms with Crippen molar-refractivity contribution in [1.82, 2.24) is 13.5 Å². The molecule has 3 rings (SSSR count). The zero-order valence-electron chi connectivity index (χ0n) is 17.8. The van der Waals surface area contributed by atoms with E-state index in [1.54, 1.807) is 7.05 Å². The Morgan fingerprint density at radius 3 is 2.32 bits per heavy atom. The van der Waals surface area contributed by atoms with E-state index in [1.807, 2.05) is 0 Å². The van der Waals surface area contributed by atoms with E-state index in [0.717, 1.165) is 32.1 Å². The minimum absolute atomic E-state index is 0.0194. The number of rotatable bonds is 7. The highest BCUT2D eigenvalue weighted by molar-refractivity contribution is 7.86. The third kappa shape index (κ3) is 5.45. The first-order valence-corrected chi connectivity index (χ1v) is 11.8. The van der Waals surface area contributed by atoms with Crippen molar-refractivity contribution in [3.8, 4) is 11.5 Å². The summed E-state index contributed by atoms with van der Waals surface area (Å²) in [5.74, 6) is -0.503. The minimum Gasteiger partial charge on any atom is -0.493 e. The van der Waals surface area contributed by atoms with Gasteiger partial charge in [-0.25, -0.2) is 0 Å². The second-order valence-corrected chi connectivity index (χ2v) is 9.74. The van der Waals surface area contributed by atoms with Crippen molar-refractivity contribution in [2.24, 2.45) is 0 Å². The Hall–Kier alpha value is -1.98. The Morgan fingerprint density at radius 2 is 1.74 bits per heavy atom. The maximum atomic E-state index is 13.0. The van der Waals surface area contributed by atoms with Gasteiger partial charge in [0.1, 0.15) is 0 Å². The van der Waals surface area contributed by atoms with Gasteiger partial charge in [-0.05, 0) is 31.0 Å². The highest BCUT2D eigenvalue weighted by Gasteiger charge is 2.35. The van der Waals surface area contributed by atoms with Crippen molar-refractivity contribution in [2.45, 2.75) is 44.8 Å². The zero-order chi connectivity index (χ0) is 22.6. The van der Waals surface area contributed by atoms with Crippen molar-refractivity contribution in [3.05, 3.63) is 23.8 Å². The first kappa shape index (κ1) is 23.7. The van der Waals surface area contributed by atoms with Crippen LogP contribution in [0.4, 0.5) is 8.78 Å². The fourth-order valence-corrected chi connectivity index (χ4v) is 5.69. The average molecular weight is 462 g/mol. The Balaban J connectivity index is 1.64. The molecule has 1 saturated heterocycles. The lowest BCUT2D eigenvalue weighted by atomic mass is 9.96. The fourth-order valence-electron chi connectivity index (χ4n) is 4.12. The van der Waals surface area contributed by atoms with Crippen LogP contribution in [0.5, 0.6) is 11.5 Å². The Bertz CT molecular complexity index is 870. The lowest BCUT2D eigenvalue weighted by Gasteiger charge is -2.38. The zero-order valence-corrected chi connectivity index (χ0v) is 18.6. The molecule has 174 valence electrons. The highest BCUT2D eigenvalue weighted by atomic mass is 32.2. The number of amides is 1. The number of halogens is 2. The molecule has 0 unspecified atom stereocenters. The molecule has 11 heteroatoms. The van der Waals surface area contributed by atoms with Crippen molar-refractivity contribution in [3.63, 3.8) is 0 Å². The van der Waals surface area contributed by atoms with Crippen LogP contribution < -0.4 is 9.47 Å². The van der Waals surface area contributed by atoms with Crippen LogP contribution >= 0.6 is 0 Å². The van der Waals surface area contributed by atoms with Gasteiger partial charge in [0.05, 0.1) is 7.11 Å². The first-order chi connectivity index (χ1) is 14.7. The molecule has 8 nitrogen and oxygen atoms in total. The Kier molecular flexibility index (Phi) is 7.71.